The lowest BCUT2D eigenvalue weighted by Crippen LogP contribution is -2.10. The third kappa shape index (κ3) is 4.46. The molecule has 2 aromatic heterocycles. The number of hydrogen-bond donors (Lipinski definition) is 2. The van der Waals surface area contributed by atoms with Crippen molar-refractivity contribution in [2.45, 2.75) is 0 Å². The molecule has 0 saturated heterocycles. The van der Waals surface area contributed by atoms with Gasteiger partial charge in [0.25, 0.3) is 5.69 Å². The van der Waals surface area contributed by atoms with E-state index < -0.39 is 16.5 Å². The molecular formula is C22H13N5O5S. The third-order valence-corrected chi connectivity index (χ3v) is 5.49. The largest absolute Gasteiger partial charge is 0.422 e. The Bertz CT molecular complexity index is 1530. The number of thiazole rings is 1. The molecule has 162 valence electrons. The Kier molecular flexibility index (Phi) is 5.67. The molecule has 2 heterocycles. The molecule has 0 radical (unpaired) electrons. The first kappa shape index (κ1) is 21.4. The Balaban J connectivity index is 1.63. The van der Waals surface area contributed by atoms with Gasteiger partial charge in [0, 0.05) is 40.3 Å². The van der Waals surface area contributed by atoms with Crippen LogP contribution in [0.5, 0.6) is 0 Å². The summed E-state index contributed by atoms with van der Waals surface area (Å²) in [6.45, 7) is 0. The lowest BCUT2D eigenvalue weighted by atomic mass is 10.1. The fraction of sp³-hybridized carbons (Fsp3) is 0. The van der Waals surface area contributed by atoms with Crippen molar-refractivity contribution in [1.29, 1.82) is 5.26 Å². The lowest BCUT2D eigenvalue weighted by molar-refractivity contribution is -0.384. The Morgan fingerprint density at radius 3 is 2.67 bits per heavy atom. The fourth-order valence-corrected chi connectivity index (χ4v) is 3.74. The molecule has 33 heavy (non-hydrogen) atoms. The molecule has 4 rings (SSSR count). The van der Waals surface area contributed by atoms with Crippen molar-refractivity contribution < 1.29 is 14.1 Å². The fourth-order valence-electron chi connectivity index (χ4n) is 2.95. The quantitative estimate of drug-likeness (QED) is 0.190. The zero-order chi connectivity index (χ0) is 23.5. The third-order valence-electron chi connectivity index (χ3n) is 4.61. The van der Waals surface area contributed by atoms with Gasteiger partial charge in [0.1, 0.15) is 22.2 Å². The lowest BCUT2D eigenvalue weighted by Gasteiger charge is -2.02. The monoisotopic (exact) mass is 459 g/mol. The molecule has 0 spiro atoms. The number of amides is 1. The standard InChI is InChI=1S/C22H13N5O5S/c23-9-14(10-25-15-3-1-12(2-4-15)20(24)28)21-26-18(11-33-21)17-8-13-7-16(27(30)31)5-6-19(13)32-22(17)29/h1-8,10-11,25H,(H2,24,28). The normalized spacial score (nSPS) is 11.2. The number of nitrogens with two attached hydrogens (primary N) is 1. The van der Waals surface area contributed by atoms with Crippen LogP contribution in [0.4, 0.5) is 11.4 Å². The van der Waals surface area contributed by atoms with Gasteiger partial charge >= 0.3 is 5.63 Å². The van der Waals surface area contributed by atoms with Gasteiger partial charge in [-0.15, -0.1) is 11.3 Å². The summed E-state index contributed by atoms with van der Waals surface area (Å²) in [4.78, 5) is 38.4. The maximum atomic E-state index is 12.4. The van der Waals surface area contributed by atoms with Crippen molar-refractivity contribution in [2.24, 2.45) is 5.73 Å². The number of benzene rings is 2. The highest BCUT2D eigenvalue weighted by Crippen LogP contribution is 2.28. The number of non-ortho nitro benzene ring substituents is 1. The summed E-state index contributed by atoms with van der Waals surface area (Å²) < 4.78 is 5.27. The Morgan fingerprint density at radius 1 is 1.24 bits per heavy atom. The first-order valence-corrected chi connectivity index (χ1v) is 10.2. The summed E-state index contributed by atoms with van der Waals surface area (Å²) in [6.07, 6.45) is 1.45. The van der Waals surface area contributed by atoms with Gasteiger partial charge in [-0.1, -0.05) is 0 Å². The van der Waals surface area contributed by atoms with Crippen LogP contribution in [0.2, 0.25) is 0 Å². The van der Waals surface area contributed by atoms with Gasteiger partial charge in [0.15, 0.2) is 0 Å². The number of nitro benzene ring substituents is 1. The van der Waals surface area contributed by atoms with Gasteiger partial charge in [-0.05, 0) is 36.4 Å². The van der Waals surface area contributed by atoms with Crippen LogP contribution in [0.15, 0.2) is 69.3 Å². The maximum Gasteiger partial charge on any atom is 0.345 e. The summed E-state index contributed by atoms with van der Waals surface area (Å²) in [7, 11) is 0. The van der Waals surface area contributed by atoms with E-state index in [0.29, 0.717) is 21.6 Å². The molecule has 11 heteroatoms. The Morgan fingerprint density at radius 2 is 2.00 bits per heavy atom. The highest BCUT2D eigenvalue weighted by Gasteiger charge is 2.15. The van der Waals surface area contributed by atoms with Gasteiger partial charge < -0.3 is 15.5 Å². The van der Waals surface area contributed by atoms with Crippen molar-refractivity contribution in [1.82, 2.24) is 4.98 Å². The second-order valence-corrected chi connectivity index (χ2v) is 7.58. The molecule has 1 amide bonds. The Hall–Kier alpha value is -4.82. The molecule has 4 aromatic rings. The number of hydrogen-bond acceptors (Lipinski definition) is 9. The number of carbonyl (C=O) groups is 1. The van der Waals surface area contributed by atoms with E-state index in [-0.39, 0.29) is 28.1 Å². The van der Waals surface area contributed by atoms with E-state index in [0.717, 1.165) is 11.3 Å². The van der Waals surface area contributed by atoms with Crippen LogP contribution in [0, 0.1) is 21.4 Å². The smallest absolute Gasteiger partial charge is 0.345 e. The van der Waals surface area contributed by atoms with Crippen LogP contribution in [0.3, 0.4) is 0 Å². The predicted molar refractivity (Wildman–Crippen MR) is 122 cm³/mol. The molecular weight excluding hydrogens is 446 g/mol. The molecule has 0 bridgehead atoms. The SMILES string of the molecule is N#CC(=CNc1ccc(C(N)=O)cc1)c1nc(-c2cc3cc([N+](=O)[O-])ccc3oc2=O)cs1. The molecule has 0 aliphatic carbocycles. The van der Waals surface area contributed by atoms with E-state index in [1.54, 1.807) is 29.6 Å². The molecule has 0 aliphatic rings. The first-order chi connectivity index (χ1) is 15.9. The summed E-state index contributed by atoms with van der Waals surface area (Å²) >= 11 is 1.15. The van der Waals surface area contributed by atoms with E-state index >= 15 is 0 Å². The van der Waals surface area contributed by atoms with E-state index in [4.69, 9.17) is 10.2 Å². The zero-order valence-electron chi connectivity index (χ0n) is 16.6. The maximum absolute atomic E-state index is 12.4. The van der Waals surface area contributed by atoms with E-state index in [1.165, 1.54) is 30.5 Å². The number of fused-ring (bicyclic) bond motifs is 1. The van der Waals surface area contributed by atoms with Crippen LogP contribution in [-0.2, 0) is 0 Å². The first-order valence-electron chi connectivity index (χ1n) is 9.31. The van der Waals surface area contributed by atoms with Crippen LogP contribution in [0.1, 0.15) is 15.4 Å². The zero-order valence-corrected chi connectivity index (χ0v) is 17.5. The van der Waals surface area contributed by atoms with Gasteiger partial charge in [-0.3, -0.25) is 14.9 Å². The molecule has 0 fully saturated rings. The average Bonchev–Trinajstić information content (AvgIpc) is 3.28. The van der Waals surface area contributed by atoms with Gasteiger partial charge in [-0.25, -0.2) is 9.78 Å². The highest BCUT2D eigenvalue weighted by molar-refractivity contribution is 7.11. The minimum Gasteiger partial charge on any atom is -0.422 e. The average molecular weight is 459 g/mol. The van der Waals surface area contributed by atoms with Gasteiger partial charge in [-0.2, -0.15) is 5.26 Å². The summed E-state index contributed by atoms with van der Waals surface area (Å²) in [5, 5.41) is 25.8. The van der Waals surface area contributed by atoms with Crippen molar-refractivity contribution in [3.05, 3.63) is 91.2 Å². The highest BCUT2D eigenvalue weighted by atomic mass is 32.1. The van der Waals surface area contributed by atoms with Crippen LogP contribution in [-0.4, -0.2) is 15.8 Å². The molecule has 3 N–H and O–H groups in total. The van der Waals surface area contributed by atoms with Crippen LogP contribution >= 0.6 is 11.3 Å². The molecule has 10 nitrogen and oxygen atoms in total. The number of aromatic nitrogens is 1. The number of primary amides is 1. The van der Waals surface area contributed by atoms with Crippen molar-refractivity contribution in [3.8, 4) is 17.3 Å². The van der Waals surface area contributed by atoms with Crippen LogP contribution in [0.25, 0.3) is 27.8 Å². The minimum atomic E-state index is -0.650. The number of nitriles is 1. The summed E-state index contributed by atoms with van der Waals surface area (Å²) in [5.41, 5.74) is 6.25. The van der Waals surface area contributed by atoms with Crippen molar-refractivity contribution >= 4 is 45.2 Å². The number of allylic oxidation sites excluding steroid dienone is 1. The van der Waals surface area contributed by atoms with Crippen molar-refractivity contribution in [3.63, 3.8) is 0 Å². The molecule has 2 aromatic carbocycles. The van der Waals surface area contributed by atoms with Crippen molar-refractivity contribution in [2.75, 3.05) is 5.32 Å². The number of nitrogens with one attached hydrogen (secondary N) is 1. The number of nitro groups is 1. The number of nitrogens with zero attached hydrogens (tertiary/aromatic N) is 3. The minimum absolute atomic E-state index is 0.123. The topological polar surface area (TPSA) is 165 Å². The second-order valence-electron chi connectivity index (χ2n) is 6.72. The van der Waals surface area contributed by atoms with Gasteiger partial charge in [0.2, 0.25) is 5.91 Å². The molecule has 0 unspecified atom stereocenters. The number of rotatable bonds is 6. The van der Waals surface area contributed by atoms with E-state index in [2.05, 4.69) is 10.3 Å². The van der Waals surface area contributed by atoms with Crippen LogP contribution < -0.4 is 16.7 Å². The van der Waals surface area contributed by atoms with E-state index in [1.807, 2.05) is 6.07 Å². The second kappa shape index (κ2) is 8.74. The molecule has 0 aliphatic heterocycles. The summed E-state index contributed by atoms with van der Waals surface area (Å²) in [5.74, 6) is -0.544. The number of anilines is 1. The van der Waals surface area contributed by atoms with E-state index in [9.17, 15) is 25.0 Å². The predicted octanol–water partition coefficient (Wildman–Crippen LogP) is 3.90. The molecule has 0 saturated carbocycles. The van der Waals surface area contributed by atoms with Gasteiger partial charge in [0.05, 0.1) is 16.2 Å². The summed E-state index contributed by atoms with van der Waals surface area (Å²) in [6, 6.07) is 13.8. The Labute approximate surface area is 189 Å². The number of carbonyl (C=O) groups excluding carboxylic acids is 1. The molecule has 0 atom stereocenters.